The van der Waals surface area contributed by atoms with Crippen LogP contribution >= 0.6 is 0 Å². The Kier molecular flexibility index (Phi) is 3.10. The molecule has 1 aliphatic rings. The largest absolute Gasteiger partial charge is 0.452 e. The van der Waals surface area contributed by atoms with Crippen molar-refractivity contribution in [2.45, 2.75) is 18.9 Å². The summed E-state index contributed by atoms with van der Waals surface area (Å²) in [6, 6.07) is 6.74. The molecule has 0 saturated heterocycles. The third-order valence-electron chi connectivity index (χ3n) is 3.50. The van der Waals surface area contributed by atoms with Gasteiger partial charge in [0.05, 0.1) is 11.3 Å². The molecule has 0 aliphatic heterocycles. The van der Waals surface area contributed by atoms with E-state index in [1.54, 1.807) is 25.5 Å². The van der Waals surface area contributed by atoms with Crippen LogP contribution < -0.4 is 5.56 Å². The van der Waals surface area contributed by atoms with E-state index in [4.69, 9.17) is 4.74 Å². The lowest BCUT2D eigenvalue weighted by molar-refractivity contribution is 0.0292. The van der Waals surface area contributed by atoms with E-state index in [0.29, 0.717) is 0 Å². The summed E-state index contributed by atoms with van der Waals surface area (Å²) >= 11 is 0. The minimum atomic E-state index is -0.480. The van der Waals surface area contributed by atoms with Gasteiger partial charge in [-0.15, -0.1) is 0 Å². The Morgan fingerprint density at radius 2 is 2.30 bits per heavy atom. The Morgan fingerprint density at radius 1 is 1.45 bits per heavy atom. The molecule has 5 nitrogen and oxygen atoms in total. The zero-order valence-corrected chi connectivity index (χ0v) is 11.1. The van der Waals surface area contributed by atoms with Crippen molar-refractivity contribution in [2.75, 3.05) is 0 Å². The first-order chi connectivity index (χ1) is 9.65. The summed E-state index contributed by atoms with van der Waals surface area (Å²) in [6.07, 6.45) is 4.53. The van der Waals surface area contributed by atoms with Gasteiger partial charge in [-0.2, -0.15) is 0 Å². The van der Waals surface area contributed by atoms with Crippen LogP contribution in [0, 0.1) is 0 Å². The van der Waals surface area contributed by atoms with Gasteiger partial charge in [-0.25, -0.2) is 4.79 Å². The standard InChI is InChI=1S/C15H14N2O3/c1-17-8-6-11(9-13(17)18)15(19)20-12-5-4-10-3-2-7-16-14(10)12/h2-3,6-9,12H,4-5H2,1H3/t12-/m1/s1. The topological polar surface area (TPSA) is 61.2 Å². The highest BCUT2D eigenvalue weighted by atomic mass is 16.5. The van der Waals surface area contributed by atoms with Gasteiger partial charge in [0.25, 0.3) is 5.56 Å². The van der Waals surface area contributed by atoms with Gasteiger partial charge in [0.2, 0.25) is 0 Å². The zero-order chi connectivity index (χ0) is 14.1. The molecule has 5 heteroatoms. The van der Waals surface area contributed by atoms with Crippen molar-refractivity contribution in [3.8, 4) is 0 Å². The average molecular weight is 270 g/mol. The second-order valence-corrected chi connectivity index (χ2v) is 4.84. The van der Waals surface area contributed by atoms with E-state index in [9.17, 15) is 9.59 Å². The molecule has 2 aromatic rings. The van der Waals surface area contributed by atoms with Crippen molar-refractivity contribution in [3.05, 3.63) is 63.8 Å². The molecule has 0 saturated carbocycles. The molecule has 0 fully saturated rings. The van der Waals surface area contributed by atoms with Gasteiger partial charge in [0.15, 0.2) is 0 Å². The van der Waals surface area contributed by atoms with E-state index >= 15 is 0 Å². The maximum atomic E-state index is 12.1. The van der Waals surface area contributed by atoms with Crippen LogP contribution in [0.3, 0.4) is 0 Å². The second-order valence-electron chi connectivity index (χ2n) is 4.84. The summed E-state index contributed by atoms with van der Waals surface area (Å²) < 4.78 is 6.88. The number of nitrogens with zero attached hydrogens (tertiary/aromatic N) is 2. The fourth-order valence-corrected chi connectivity index (χ4v) is 2.36. The maximum absolute atomic E-state index is 12.1. The van der Waals surface area contributed by atoms with Gasteiger partial charge >= 0.3 is 5.97 Å². The maximum Gasteiger partial charge on any atom is 0.339 e. The fourth-order valence-electron chi connectivity index (χ4n) is 2.36. The number of fused-ring (bicyclic) bond motifs is 1. The highest BCUT2D eigenvalue weighted by Gasteiger charge is 2.27. The molecule has 20 heavy (non-hydrogen) atoms. The van der Waals surface area contributed by atoms with Crippen LogP contribution in [0.5, 0.6) is 0 Å². The van der Waals surface area contributed by atoms with Crippen LogP contribution in [-0.2, 0) is 18.2 Å². The van der Waals surface area contributed by atoms with Crippen LogP contribution in [0.1, 0.15) is 34.1 Å². The summed E-state index contributed by atoms with van der Waals surface area (Å²) in [6.45, 7) is 0. The number of carbonyl (C=O) groups is 1. The number of esters is 1. The second kappa shape index (κ2) is 4.92. The van der Waals surface area contributed by atoms with E-state index < -0.39 is 5.97 Å². The van der Waals surface area contributed by atoms with Crippen LogP contribution in [0.4, 0.5) is 0 Å². The lowest BCUT2D eigenvalue weighted by Crippen LogP contribution is -2.18. The molecule has 0 amide bonds. The van der Waals surface area contributed by atoms with E-state index in [1.807, 2.05) is 12.1 Å². The molecule has 0 bridgehead atoms. The minimum absolute atomic E-state index is 0.232. The van der Waals surface area contributed by atoms with Crippen LogP contribution in [-0.4, -0.2) is 15.5 Å². The molecular weight excluding hydrogens is 256 g/mol. The normalized spacial score (nSPS) is 16.8. The Labute approximate surface area is 115 Å². The lowest BCUT2D eigenvalue weighted by Gasteiger charge is -2.12. The third-order valence-corrected chi connectivity index (χ3v) is 3.50. The molecule has 3 rings (SSSR count). The molecule has 1 aliphatic carbocycles. The highest BCUT2D eigenvalue weighted by molar-refractivity contribution is 5.89. The van der Waals surface area contributed by atoms with Crippen molar-refractivity contribution in [2.24, 2.45) is 7.05 Å². The fraction of sp³-hybridized carbons (Fsp3) is 0.267. The zero-order valence-electron chi connectivity index (χ0n) is 11.1. The smallest absolute Gasteiger partial charge is 0.339 e. The van der Waals surface area contributed by atoms with E-state index in [-0.39, 0.29) is 17.2 Å². The Bertz CT molecular complexity index is 721. The summed E-state index contributed by atoms with van der Waals surface area (Å²) in [4.78, 5) is 27.9. The van der Waals surface area contributed by atoms with Gasteiger partial charge in [-0.1, -0.05) is 6.07 Å². The average Bonchev–Trinajstić information content (AvgIpc) is 2.85. The molecule has 2 aromatic heterocycles. The molecule has 102 valence electrons. The van der Waals surface area contributed by atoms with Gasteiger partial charge in [0.1, 0.15) is 6.10 Å². The van der Waals surface area contributed by atoms with E-state index in [2.05, 4.69) is 4.98 Å². The number of aryl methyl sites for hydroxylation is 2. The van der Waals surface area contributed by atoms with Gasteiger partial charge in [0, 0.05) is 25.5 Å². The van der Waals surface area contributed by atoms with Crippen LogP contribution in [0.25, 0.3) is 0 Å². The highest BCUT2D eigenvalue weighted by Crippen LogP contribution is 2.32. The van der Waals surface area contributed by atoms with Crippen LogP contribution in [0.15, 0.2) is 41.5 Å². The molecule has 0 N–H and O–H groups in total. The number of ether oxygens (including phenoxy) is 1. The monoisotopic (exact) mass is 270 g/mol. The molecule has 0 radical (unpaired) electrons. The van der Waals surface area contributed by atoms with Crippen molar-refractivity contribution < 1.29 is 9.53 Å². The van der Waals surface area contributed by atoms with Crippen LogP contribution in [0.2, 0.25) is 0 Å². The van der Waals surface area contributed by atoms with Crippen molar-refractivity contribution in [3.63, 3.8) is 0 Å². The summed E-state index contributed by atoms with van der Waals surface area (Å²) in [5.41, 5.74) is 1.99. The number of carbonyl (C=O) groups excluding carboxylic acids is 1. The first-order valence-electron chi connectivity index (χ1n) is 6.46. The molecule has 1 atom stereocenters. The van der Waals surface area contributed by atoms with Gasteiger partial charge in [-0.05, 0) is 30.5 Å². The molecular formula is C15H14N2O3. The Hall–Kier alpha value is -2.43. The van der Waals surface area contributed by atoms with Gasteiger partial charge < -0.3 is 9.30 Å². The van der Waals surface area contributed by atoms with Gasteiger partial charge in [-0.3, -0.25) is 9.78 Å². The lowest BCUT2D eigenvalue weighted by atomic mass is 10.2. The molecule has 0 spiro atoms. The first-order valence-corrected chi connectivity index (χ1v) is 6.46. The summed E-state index contributed by atoms with van der Waals surface area (Å²) in [7, 11) is 1.63. The SMILES string of the molecule is Cn1ccc(C(=O)O[C@@H]2CCc3cccnc32)cc1=O. The van der Waals surface area contributed by atoms with E-state index in [1.165, 1.54) is 10.6 Å². The van der Waals surface area contributed by atoms with Crippen molar-refractivity contribution in [1.82, 2.24) is 9.55 Å². The number of aromatic nitrogens is 2. The number of hydrogen-bond acceptors (Lipinski definition) is 4. The first kappa shape index (κ1) is 12.6. The number of rotatable bonds is 2. The molecule has 2 heterocycles. The van der Waals surface area contributed by atoms with E-state index in [0.717, 1.165) is 24.1 Å². The van der Waals surface area contributed by atoms with Crippen molar-refractivity contribution >= 4 is 5.97 Å². The third kappa shape index (κ3) is 2.22. The summed E-state index contributed by atoms with van der Waals surface area (Å²) in [5, 5.41) is 0. The molecule has 0 aromatic carbocycles. The quantitative estimate of drug-likeness (QED) is 0.778. The number of pyridine rings is 2. The van der Waals surface area contributed by atoms with Crippen molar-refractivity contribution in [1.29, 1.82) is 0 Å². The Balaban J connectivity index is 1.80. The summed E-state index contributed by atoms with van der Waals surface area (Å²) in [5.74, 6) is -0.480. The minimum Gasteiger partial charge on any atom is -0.452 e. The molecule has 0 unspecified atom stereocenters. The predicted molar refractivity (Wildman–Crippen MR) is 72.4 cm³/mol. The number of hydrogen-bond donors (Lipinski definition) is 0. The Morgan fingerprint density at radius 3 is 3.10 bits per heavy atom. The predicted octanol–water partition coefficient (Wildman–Crippen LogP) is 1.62.